The van der Waals surface area contributed by atoms with E-state index in [4.69, 9.17) is 4.74 Å². The molecule has 0 aliphatic rings. The van der Waals surface area contributed by atoms with Gasteiger partial charge in [-0.15, -0.1) is 0 Å². The van der Waals surface area contributed by atoms with Crippen molar-refractivity contribution in [3.63, 3.8) is 0 Å². The first-order valence-corrected chi connectivity index (χ1v) is 6.19. The maximum atomic E-state index is 12.8. The summed E-state index contributed by atoms with van der Waals surface area (Å²) in [5.74, 6) is -0.231. The van der Waals surface area contributed by atoms with Crippen molar-refractivity contribution in [1.82, 2.24) is 0 Å². The molecule has 0 amide bonds. The first-order valence-electron chi connectivity index (χ1n) is 5.40. The Hall–Kier alpha value is -0.410. The van der Waals surface area contributed by atoms with Crippen LogP contribution in [-0.2, 0) is 11.3 Å². The minimum absolute atomic E-state index is 0.231. The molecule has 0 saturated heterocycles. The second-order valence-electron chi connectivity index (χ2n) is 5.10. The Bertz CT molecular complexity index is 344. The number of hydrogen-bond acceptors (Lipinski definition) is 1. The van der Waals surface area contributed by atoms with Crippen LogP contribution in [0.15, 0.2) is 22.7 Å². The fraction of sp³-hybridized carbons (Fsp3) is 0.538. The molecule has 90 valence electrons. The number of rotatable bonds is 4. The molecule has 0 bridgehead atoms. The zero-order valence-electron chi connectivity index (χ0n) is 10.0. The van der Waals surface area contributed by atoms with Crippen molar-refractivity contribution in [2.24, 2.45) is 5.41 Å². The maximum absolute atomic E-state index is 12.8. The molecule has 0 fully saturated rings. The fourth-order valence-electron chi connectivity index (χ4n) is 1.20. The van der Waals surface area contributed by atoms with E-state index in [-0.39, 0.29) is 5.82 Å². The van der Waals surface area contributed by atoms with Crippen molar-refractivity contribution in [3.8, 4) is 0 Å². The SMILES string of the molecule is CC(C)(C)CCOCc1ccc(F)cc1Br. The average Bonchev–Trinajstić information content (AvgIpc) is 2.13. The maximum Gasteiger partial charge on any atom is 0.124 e. The minimum atomic E-state index is -0.231. The number of hydrogen-bond donors (Lipinski definition) is 0. The first kappa shape index (κ1) is 13.7. The summed E-state index contributed by atoms with van der Waals surface area (Å²) in [6, 6.07) is 4.66. The van der Waals surface area contributed by atoms with Crippen molar-refractivity contribution in [3.05, 3.63) is 34.1 Å². The van der Waals surface area contributed by atoms with E-state index in [9.17, 15) is 4.39 Å². The Kier molecular flexibility index (Phi) is 4.93. The van der Waals surface area contributed by atoms with Crippen molar-refractivity contribution < 1.29 is 9.13 Å². The van der Waals surface area contributed by atoms with Crippen molar-refractivity contribution in [2.75, 3.05) is 6.61 Å². The second-order valence-corrected chi connectivity index (χ2v) is 5.95. The topological polar surface area (TPSA) is 9.23 Å². The molecule has 1 rings (SSSR count). The van der Waals surface area contributed by atoms with Gasteiger partial charge in [-0.1, -0.05) is 42.8 Å². The van der Waals surface area contributed by atoms with Crippen LogP contribution in [0.4, 0.5) is 4.39 Å². The second kappa shape index (κ2) is 5.78. The monoisotopic (exact) mass is 288 g/mol. The highest BCUT2D eigenvalue weighted by Crippen LogP contribution is 2.21. The third-order valence-electron chi connectivity index (χ3n) is 2.27. The lowest BCUT2D eigenvalue weighted by Gasteiger charge is -2.17. The Balaban J connectivity index is 2.38. The summed E-state index contributed by atoms with van der Waals surface area (Å²) in [7, 11) is 0. The van der Waals surface area contributed by atoms with Gasteiger partial charge in [-0.05, 0) is 29.5 Å². The van der Waals surface area contributed by atoms with Crippen molar-refractivity contribution in [2.45, 2.75) is 33.8 Å². The molecular formula is C13H18BrFO. The quantitative estimate of drug-likeness (QED) is 0.739. The molecule has 0 N–H and O–H groups in total. The first-order chi connectivity index (χ1) is 7.38. The van der Waals surface area contributed by atoms with Gasteiger partial charge in [-0.3, -0.25) is 0 Å². The zero-order valence-corrected chi connectivity index (χ0v) is 11.6. The van der Waals surface area contributed by atoms with Gasteiger partial charge in [0.1, 0.15) is 5.82 Å². The van der Waals surface area contributed by atoms with E-state index in [0.29, 0.717) is 12.0 Å². The van der Waals surface area contributed by atoms with Gasteiger partial charge in [-0.25, -0.2) is 4.39 Å². The van der Waals surface area contributed by atoms with Gasteiger partial charge >= 0.3 is 0 Å². The lowest BCUT2D eigenvalue weighted by molar-refractivity contribution is 0.0958. The predicted octanol–water partition coefficient (Wildman–Crippen LogP) is 4.54. The normalized spacial score (nSPS) is 11.8. The van der Waals surface area contributed by atoms with Crippen LogP contribution in [0.2, 0.25) is 0 Å². The van der Waals surface area contributed by atoms with Gasteiger partial charge < -0.3 is 4.74 Å². The summed E-state index contributed by atoms with van der Waals surface area (Å²) in [4.78, 5) is 0. The van der Waals surface area contributed by atoms with Gasteiger partial charge in [0.2, 0.25) is 0 Å². The molecule has 1 aromatic carbocycles. The van der Waals surface area contributed by atoms with Crippen molar-refractivity contribution in [1.29, 1.82) is 0 Å². The molecule has 0 aliphatic carbocycles. The van der Waals surface area contributed by atoms with Gasteiger partial charge in [0.25, 0.3) is 0 Å². The van der Waals surface area contributed by atoms with Crippen LogP contribution in [0, 0.1) is 11.2 Å². The average molecular weight is 289 g/mol. The lowest BCUT2D eigenvalue weighted by Crippen LogP contribution is -2.09. The number of ether oxygens (including phenoxy) is 1. The van der Waals surface area contributed by atoms with Gasteiger partial charge in [-0.2, -0.15) is 0 Å². The highest BCUT2D eigenvalue weighted by molar-refractivity contribution is 9.10. The lowest BCUT2D eigenvalue weighted by atomic mass is 9.93. The Morgan fingerprint density at radius 1 is 1.31 bits per heavy atom. The molecule has 0 aromatic heterocycles. The largest absolute Gasteiger partial charge is 0.377 e. The standard InChI is InChI=1S/C13H18BrFO/c1-13(2,3)6-7-16-9-10-4-5-11(15)8-12(10)14/h4-5,8H,6-7,9H2,1-3H3. The molecule has 0 radical (unpaired) electrons. The summed E-state index contributed by atoms with van der Waals surface area (Å²) < 4.78 is 19.2. The molecular weight excluding hydrogens is 271 g/mol. The minimum Gasteiger partial charge on any atom is -0.377 e. The summed E-state index contributed by atoms with van der Waals surface area (Å²) in [5, 5.41) is 0. The summed E-state index contributed by atoms with van der Waals surface area (Å²) in [5.41, 5.74) is 1.27. The summed E-state index contributed by atoms with van der Waals surface area (Å²) in [6.07, 6.45) is 1.02. The van der Waals surface area contributed by atoms with Crippen LogP contribution >= 0.6 is 15.9 Å². The predicted molar refractivity (Wildman–Crippen MR) is 67.8 cm³/mol. The Morgan fingerprint density at radius 3 is 2.56 bits per heavy atom. The Labute approximate surface area is 105 Å². The van der Waals surface area contributed by atoms with E-state index in [1.807, 2.05) is 0 Å². The Morgan fingerprint density at radius 2 is 2.00 bits per heavy atom. The highest BCUT2D eigenvalue weighted by atomic mass is 79.9. The smallest absolute Gasteiger partial charge is 0.124 e. The van der Waals surface area contributed by atoms with Gasteiger partial charge in [0.15, 0.2) is 0 Å². The fourth-order valence-corrected chi connectivity index (χ4v) is 1.66. The van der Waals surface area contributed by atoms with Crippen LogP contribution in [0.5, 0.6) is 0 Å². The molecule has 0 unspecified atom stereocenters. The molecule has 3 heteroatoms. The van der Waals surface area contributed by atoms with Crippen LogP contribution in [0.3, 0.4) is 0 Å². The van der Waals surface area contributed by atoms with Gasteiger partial charge in [0, 0.05) is 11.1 Å². The van der Waals surface area contributed by atoms with E-state index in [0.717, 1.165) is 23.1 Å². The molecule has 0 spiro atoms. The third kappa shape index (κ3) is 5.08. The van der Waals surface area contributed by atoms with Crippen LogP contribution in [0.25, 0.3) is 0 Å². The molecule has 0 atom stereocenters. The molecule has 0 heterocycles. The van der Waals surface area contributed by atoms with E-state index < -0.39 is 0 Å². The third-order valence-corrected chi connectivity index (χ3v) is 3.01. The van der Waals surface area contributed by atoms with E-state index in [2.05, 4.69) is 36.7 Å². The van der Waals surface area contributed by atoms with Crippen molar-refractivity contribution >= 4 is 15.9 Å². The molecule has 16 heavy (non-hydrogen) atoms. The summed E-state index contributed by atoms with van der Waals surface area (Å²) >= 11 is 3.32. The van der Waals surface area contributed by atoms with Crippen LogP contribution in [0.1, 0.15) is 32.8 Å². The number of halogens is 2. The zero-order chi connectivity index (χ0) is 12.2. The molecule has 1 aromatic rings. The van der Waals surface area contributed by atoms with E-state index in [1.165, 1.54) is 12.1 Å². The summed E-state index contributed by atoms with van der Waals surface area (Å²) in [6.45, 7) is 7.81. The van der Waals surface area contributed by atoms with E-state index in [1.54, 1.807) is 6.07 Å². The molecule has 1 nitrogen and oxygen atoms in total. The molecule has 0 aliphatic heterocycles. The van der Waals surface area contributed by atoms with Crippen LogP contribution in [-0.4, -0.2) is 6.61 Å². The van der Waals surface area contributed by atoms with Crippen LogP contribution < -0.4 is 0 Å². The highest BCUT2D eigenvalue weighted by Gasteiger charge is 2.09. The molecule has 0 saturated carbocycles. The van der Waals surface area contributed by atoms with E-state index >= 15 is 0 Å². The number of benzene rings is 1. The van der Waals surface area contributed by atoms with Gasteiger partial charge in [0.05, 0.1) is 6.61 Å².